The predicted molar refractivity (Wildman–Crippen MR) is 71.3 cm³/mol. The summed E-state index contributed by atoms with van der Waals surface area (Å²) in [5, 5.41) is 2.96. The molecule has 0 aliphatic carbocycles. The van der Waals surface area contributed by atoms with Crippen LogP contribution in [0.2, 0.25) is 0 Å². The molecule has 1 N–H and O–H groups in total. The smallest absolute Gasteiger partial charge is 0.402 e. The molecule has 0 spiro atoms. The summed E-state index contributed by atoms with van der Waals surface area (Å²) < 4.78 is 67.7. The van der Waals surface area contributed by atoms with Gasteiger partial charge in [0.2, 0.25) is 10.0 Å². The van der Waals surface area contributed by atoms with E-state index in [1.807, 2.05) is 6.92 Å². The van der Waals surface area contributed by atoms with Crippen LogP contribution in [0.25, 0.3) is 0 Å². The zero-order valence-corrected chi connectivity index (χ0v) is 12.9. The lowest BCUT2D eigenvalue weighted by Crippen LogP contribution is -2.38. The van der Waals surface area contributed by atoms with Gasteiger partial charge in [0.15, 0.2) is 0 Å². The SMILES string of the molecule is CCNCc1cc(S(=O)(=O)N(CC)CC(F)(F)F)c(C)o1. The van der Waals surface area contributed by atoms with Crippen LogP contribution in [0.5, 0.6) is 0 Å². The van der Waals surface area contributed by atoms with Gasteiger partial charge in [0.1, 0.15) is 23.0 Å². The Hall–Kier alpha value is -1.06. The molecule has 1 aromatic rings. The highest BCUT2D eigenvalue weighted by molar-refractivity contribution is 7.89. The van der Waals surface area contributed by atoms with Gasteiger partial charge in [-0.1, -0.05) is 13.8 Å². The van der Waals surface area contributed by atoms with E-state index in [4.69, 9.17) is 4.42 Å². The van der Waals surface area contributed by atoms with Crippen LogP contribution in [0.4, 0.5) is 13.2 Å². The minimum absolute atomic E-state index is 0.0866. The lowest BCUT2D eigenvalue weighted by atomic mass is 10.4. The molecular weight excluding hydrogens is 309 g/mol. The number of nitrogens with zero attached hydrogens (tertiary/aromatic N) is 1. The molecule has 0 saturated heterocycles. The summed E-state index contributed by atoms with van der Waals surface area (Å²) in [5.41, 5.74) is 0. The number of aryl methyl sites for hydroxylation is 1. The first-order valence-electron chi connectivity index (χ1n) is 6.48. The van der Waals surface area contributed by atoms with E-state index in [2.05, 4.69) is 5.32 Å². The van der Waals surface area contributed by atoms with Gasteiger partial charge < -0.3 is 9.73 Å². The Morgan fingerprint density at radius 3 is 2.43 bits per heavy atom. The van der Waals surface area contributed by atoms with Gasteiger partial charge in [-0.05, 0) is 13.5 Å². The van der Waals surface area contributed by atoms with E-state index in [1.54, 1.807) is 0 Å². The molecule has 21 heavy (non-hydrogen) atoms. The van der Waals surface area contributed by atoms with Crippen LogP contribution >= 0.6 is 0 Å². The number of hydrogen-bond donors (Lipinski definition) is 1. The van der Waals surface area contributed by atoms with Crippen LogP contribution in [0.15, 0.2) is 15.4 Å². The largest absolute Gasteiger partial charge is 0.464 e. The molecule has 0 unspecified atom stereocenters. The fraction of sp³-hybridized carbons (Fsp3) is 0.667. The zero-order valence-electron chi connectivity index (χ0n) is 12.1. The lowest BCUT2D eigenvalue weighted by Gasteiger charge is -2.21. The average Bonchev–Trinajstić information content (AvgIpc) is 2.74. The van der Waals surface area contributed by atoms with Crippen molar-refractivity contribution >= 4 is 10.0 Å². The number of hydrogen-bond acceptors (Lipinski definition) is 4. The summed E-state index contributed by atoms with van der Waals surface area (Å²) in [7, 11) is -4.23. The third-order valence-electron chi connectivity index (χ3n) is 2.80. The molecule has 0 radical (unpaired) electrons. The lowest BCUT2D eigenvalue weighted by molar-refractivity contribution is -0.135. The second-order valence-electron chi connectivity index (χ2n) is 4.46. The van der Waals surface area contributed by atoms with E-state index in [1.165, 1.54) is 19.9 Å². The summed E-state index contributed by atoms with van der Waals surface area (Å²) in [5.74, 6) is 0.458. The number of rotatable bonds is 7. The molecule has 0 bridgehead atoms. The van der Waals surface area contributed by atoms with E-state index >= 15 is 0 Å². The molecule has 0 aliphatic rings. The maximum Gasteiger partial charge on any atom is 0.402 e. The molecule has 1 rings (SSSR count). The van der Waals surface area contributed by atoms with Crippen LogP contribution in [-0.4, -0.2) is 38.5 Å². The topological polar surface area (TPSA) is 62.6 Å². The molecule has 1 heterocycles. The quantitative estimate of drug-likeness (QED) is 0.834. The standard InChI is InChI=1S/C12H19F3N2O3S/c1-4-16-7-10-6-11(9(3)20-10)21(18,19)17(5-2)8-12(13,14)15/h6,16H,4-5,7-8H2,1-3H3. The summed E-state index contributed by atoms with van der Waals surface area (Å²) in [4.78, 5) is -0.221. The van der Waals surface area contributed by atoms with Crippen molar-refractivity contribution in [2.45, 2.75) is 38.4 Å². The third kappa shape index (κ3) is 4.72. The molecule has 0 atom stereocenters. The van der Waals surface area contributed by atoms with E-state index < -0.39 is 22.7 Å². The van der Waals surface area contributed by atoms with Crippen LogP contribution < -0.4 is 5.32 Å². The van der Waals surface area contributed by atoms with Crippen LogP contribution in [0.3, 0.4) is 0 Å². The van der Waals surface area contributed by atoms with Crippen LogP contribution in [0.1, 0.15) is 25.4 Å². The third-order valence-corrected chi connectivity index (χ3v) is 4.83. The van der Waals surface area contributed by atoms with Crippen molar-refractivity contribution in [3.8, 4) is 0 Å². The highest BCUT2D eigenvalue weighted by Gasteiger charge is 2.37. The van der Waals surface area contributed by atoms with E-state index in [-0.39, 0.29) is 17.2 Å². The second kappa shape index (κ2) is 6.80. The number of alkyl halides is 3. The van der Waals surface area contributed by atoms with Crippen LogP contribution in [-0.2, 0) is 16.6 Å². The highest BCUT2D eigenvalue weighted by Crippen LogP contribution is 2.26. The van der Waals surface area contributed by atoms with Crippen molar-refractivity contribution in [3.05, 3.63) is 17.6 Å². The van der Waals surface area contributed by atoms with Crippen LogP contribution in [0, 0.1) is 6.92 Å². The van der Waals surface area contributed by atoms with E-state index in [0.717, 1.165) is 0 Å². The van der Waals surface area contributed by atoms with Crippen molar-refractivity contribution in [1.29, 1.82) is 0 Å². The maximum absolute atomic E-state index is 12.5. The molecule has 5 nitrogen and oxygen atoms in total. The number of nitrogens with one attached hydrogen (secondary N) is 1. The molecule has 9 heteroatoms. The summed E-state index contributed by atoms with van der Waals surface area (Å²) in [6, 6.07) is 1.27. The summed E-state index contributed by atoms with van der Waals surface area (Å²) in [6.45, 7) is 3.85. The van der Waals surface area contributed by atoms with Gasteiger partial charge in [-0.25, -0.2) is 8.42 Å². The fourth-order valence-electron chi connectivity index (χ4n) is 1.82. The first-order valence-corrected chi connectivity index (χ1v) is 7.92. The number of furan rings is 1. The van der Waals surface area contributed by atoms with Crippen molar-refractivity contribution < 1.29 is 26.0 Å². The van der Waals surface area contributed by atoms with Crippen molar-refractivity contribution in [3.63, 3.8) is 0 Å². The van der Waals surface area contributed by atoms with Gasteiger partial charge in [-0.15, -0.1) is 0 Å². The Morgan fingerprint density at radius 2 is 1.95 bits per heavy atom. The highest BCUT2D eigenvalue weighted by atomic mass is 32.2. The van der Waals surface area contributed by atoms with Gasteiger partial charge in [0.05, 0.1) is 6.54 Å². The van der Waals surface area contributed by atoms with Crippen molar-refractivity contribution in [2.24, 2.45) is 0 Å². The van der Waals surface area contributed by atoms with Crippen molar-refractivity contribution in [2.75, 3.05) is 19.6 Å². The van der Waals surface area contributed by atoms with Gasteiger partial charge in [0, 0.05) is 12.6 Å². The minimum atomic E-state index is -4.59. The monoisotopic (exact) mass is 328 g/mol. The maximum atomic E-state index is 12.5. The number of halogens is 3. The first-order chi connectivity index (χ1) is 9.61. The van der Waals surface area contributed by atoms with E-state index in [9.17, 15) is 21.6 Å². The predicted octanol–water partition coefficient (Wildman–Crippen LogP) is 2.27. The Labute approximate surface area is 122 Å². The molecule has 0 saturated carbocycles. The Morgan fingerprint density at radius 1 is 1.33 bits per heavy atom. The summed E-state index contributed by atoms with van der Waals surface area (Å²) >= 11 is 0. The molecule has 0 aromatic carbocycles. The minimum Gasteiger partial charge on any atom is -0.464 e. The van der Waals surface area contributed by atoms with Gasteiger partial charge >= 0.3 is 6.18 Å². The van der Waals surface area contributed by atoms with Gasteiger partial charge in [0.25, 0.3) is 0 Å². The molecule has 122 valence electrons. The van der Waals surface area contributed by atoms with E-state index in [0.29, 0.717) is 23.2 Å². The fourth-order valence-corrected chi connectivity index (χ4v) is 3.44. The summed E-state index contributed by atoms with van der Waals surface area (Å²) in [6.07, 6.45) is -4.59. The second-order valence-corrected chi connectivity index (χ2v) is 6.37. The molecular formula is C12H19F3N2O3S. The first kappa shape index (κ1) is 18.0. The molecule has 0 fully saturated rings. The van der Waals surface area contributed by atoms with Gasteiger partial charge in [-0.2, -0.15) is 17.5 Å². The van der Waals surface area contributed by atoms with Gasteiger partial charge in [-0.3, -0.25) is 0 Å². The molecule has 0 aliphatic heterocycles. The normalized spacial score (nSPS) is 13.1. The Kier molecular flexibility index (Phi) is 5.83. The number of sulfonamides is 1. The zero-order chi connectivity index (χ0) is 16.3. The Bertz CT molecular complexity index is 567. The average molecular weight is 328 g/mol. The molecule has 1 aromatic heterocycles. The molecule has 0 amide bonds. The van der Waals surface area contributed by atoms with Crippen molar-refractivity contribution in [1.82, 2.24) is 9.62 Å². The Balaban J connectivity index is 3.08.